The van der Waals surface area contributed by atoms with Gasteiger partial charge in [0.15, 0.2) is 8.32 Å². The molecule has 0 radical (unpaired) electrons. The average molecular weight is 308 g/mol. The summed E-state index contributed by atoms with van der Waals surface area (Å²) in [5.74, 6) is -0.203. The molecule has 0 aliphatic heterocycles. The summed E-state index contributed by atoms with van der Waals surface area (Å²) in [4.78, 5) is 12.0. The minimum atomic E-state index is -1.62. The van der Waals surface area contributed by atoms with Crippen molar-refractivity contribution >= 4 is 14.3 Å². The van der Waals surface area contributed by atoms with Crippen LogP contribution < -0.4 is 0 Å². The molecule has 0 N–H and O–H groups in total. The highest BCUT2D eigenvalue weighted by molar-refractivity contribution is 6.69. The van der Waals surface area contributed by atoms with Gasteiger partial charge in [0.2, 0.25) is 0 Å². The average Bonchev–Trinajstić information content (AvgIpc) is 2.78. The molecule has 0 heterocycles. The zero-order valence-corrected chi connectivity index (χ0v) is 14.8. The normalized spacial score (nSPS) is 29.3. The standard InChI is InChI=1S/C17H28O3Si/c1-19-16(18)15-9-7-5-6-8-11-17(20-21(2,3)4)12-10-14(15)13-17/h9,13H,5-8,10-12H2,1-4H3/b15-9+. The highest BCUT2D eigenvalue weighted by Crippen LogP contribution is 2.41. The number of methoxy groups -OCH3 is 1. The zero-order valence-electron chi connectivity index (χ0n) is 13.8. The summed E-state index contributed by atoms with van der Waals surface area (Å²) in [6.07, 6.45) is 11.8. The number of allylic oxidation sites excluding steroid dienone is 1. The van der Waals surface area contributed by atoms with Crippen LogP contribution in [-0.2, 0) is 14.0 Å². The van der Waals surface area contributed by atoms with Crippen LogP contribution in [0.5, 0.6) is 0 Å². The van der Waals surface area contributed by atoms with E-state index in [9.17, 15) is 4.79 Å². The lowest BCUT2D eigenvalue weighted by molar-refractivity contribution is -0.135. The number of hydrogen-bond donors (Lipinski definition) is 0. The van der Waals surface area contributed by atoms with Crippen molar-refractivity contribution in [3.63, 3.8) is 0 Å². The smallest absolute Gasteiger partial charge is 0.337 e. The summed E-state index contributed by atoms with van der Waals surface area (Å²) in [6.45, 7) is 6.72. The Bertz CT molecular complexity index is 459. The first-order valence-electron chi connectivity index (χ1n) is 8.06. The van der Waals surface area contributed by atoms with E-state index in [-0.39, 0.29) is 11.6 Å². The van der Waals surface area contributed by atoms with Gasteiger partial charge < -0.3 is 9.16 Å². The van der Waals surface area contributed by atoms with Gasteiger partial charge >= 0.3 is 5.97 Å². The first-order chi connectivity index (χ1) is 9.85. The van der Waals surface area contributed by atoms with Crippen molar-refractivity contribution in [3.8, 4) is 0 Å². The molecule has 2 aliphatic carbocycles. The Balaban J connectivity index is 2.33. The van der Waals surface area contributed by atoms with Gasteiger partial charge in [-0.2, -0.15) is 0 Å². The van der Waals surface area contributed by atoms with Crippen molar-refractivity contribution in [2.75, 3.05) is 7.11 Å². The van der Waals surface area contributed by atoms with E-state index in [1.54, 1.807) is 0 Å². The fourth-order valence-electron chi connectivity index (χ4n) is 3.41. The van der Waals surface area contributed by atoms with E-state index < -0.39 is 8.32 Å². The summed E-state index contributed by atoms with van der Waals surface area (Å²) in [5, 5.41) is 0. The molecule has 0 aromatic carbocycles. The number of rotatable bonds is 3. The van der Waals surface area contributed by atoms with Crippen LogP contribution in [0.1, 0.15) is 44.9 Å². The lowest BCUT2D eigenvalue weighted by Crippen LogP contribution is -2.40. The van der Waals surface area contributed by atoms with Gasteiger partial charge in [0, 0.05) is 0 Å². The van der Waals surface area contributed by atoms with Gasteiger partial charge in [-0.15, -0.1) is 0 Å². The summed E-state index contributed by atoms with van der Waals surface area (Å²) in [5.41, 5.74) is 1.74. The topological polar surface area (TPSA) is 35.5 Å². The lowest BCUT2D eigenvalue weighted by Gasteiger charge is -2.35. The number of carbonyl (C=O) groups excluding carboxylic acids is 1. The molecule has 0 saturated heterocycles. The molecule has 4 heteroatoms. The summed E-state index contributed by atoms with van der Waals surface area (Å²) in [6, 6.07) is 0. The Morgan fingerprint density at radius 1 is 1.19 bits per heavy atom. The maximum absolute atomic E-state index is 12.0. The highest BCUT2D eigenvalue weighted by Gasteiger charge is 2.39. The molecular weight excluding hydrogens is 280 g/mol. The van der Waals surface area contributed by atoms with E-state index in [0.717, 1.165) is 43.3 Å². The third-order valence-corrected chi connectivity index (χ3v) is 5.19. The Morgan fingerprint density at radius 2 is 1.95 bits per heavy atom. The SMILES string of the molecule is COC(=O)/C1=C/CCCCCC2(O[Si](C)(C)C)C=C1CC2. The van der Waals surface area contributed by atoms with E-state index in [1.165, 1.54) is 20.0 Å². The molecule has 0 aromatic heterocycles. The quantitative estimate of drug-likeness (QED) is 0.574. The maximum Gasteiger partial charge on any atom is 0.337 e. The number of hydrogen-bond acceptors (Lipinski definition) is 3. The predicted molar refractivity (Wildman–Crippen MR) is 87.7 cm³/mol. The monoisotopic (exact) mass is 308 g/mol. The van der Waals surface area contributed by atoms with Crippen molar-refractivity contribution in [1.82, 2.24) is 0 Å². The number of fused-ring (bicyclic) bond motifs is 1. The molecule has 1 unspecified atom stereocenters. The van der Waals surface area contributed by atoms with Gasteiger partial charge in [-0.1, -0.05) is 18.9 Å². The van der Waals surface area contributed by atoms with Gasteiger partial charge in [-0.05, 0) is 63.4 Å². The number of ether oxygens (including phenoxy) is 1. The molecule has 3 nitrogen and oxygen atoms in total. The van der Waals surface area contributed by atoms with Crippen LogP contribution in [-0.4, -0.2) is 27.0 Å². The highest BCUT2D eigenvalue weighted by atomic mass is 28.4. The largest absolute Gasteiger partial charge is 0.465 e. The van der Waals surface area contributed by atoms with Gasteiger partial charge in [0.25, 0.3) is 0 Å². The van der Waals surface area contributed by atoms with Crippen molar-refractivity contribution in [2.45, 2.75) is 70.2 Å². The van der Waals surface area contributed by atoms with Crippen LogP contribution in [0.3, 0.4) is 0 Å². The molecule has 0 fully saturated rings. The summed E-state index contributed by atoms with van der Waals surface area (Å²) in [7, 11) is -0.155. The second kappa shape index (κ2) is 6.49. The van der Waals surface area contributed by atoms with Crippen LogP contribution in [0, 0.1) is 0 Å². The van der Waals surface area contributed by atoms with Crippen LogP contribution >= 0.6 is 0 Å². The summed E-state index contributed by atoms with van der Waals surface area (Å²) < 4.78 is 11.5. The molecule has 2 aliphatic rings. The second-order valence-corrected chi connectivity index (χ2v) is 11.6. The Labute approximate surface area is 129 Å². The lowest BCUT2D eigenvalue weighted by atomic mass is 9.94. The molecule has 118 valence electrons. The number of carbonyl (C=O) groups is 1. The van der Waals surface area contributed by atoms with Crippen molar-refractivity contribution in [1.29, 1.82) is 0 Å². The Kier molecular flexibility index (Phi) is 5.10. The summed E-state index contributed by atoms with van der Waals surface area (Å²) >= 11 is 0. The third kappa shape index (κ3) is 4.30. The first-order valence-corrected chi connectivity index (χ1v) is 11.5. The Morgan fingerprint density at radius 3 is 2.62 bits per heavy atom. The number of esters is 1. The van der Waals surface area contributed by atoms with Gasteiger partial charge in [-0.3, -0.25) is 0 Å². The van der Waals surface area contributed by atoms with E-state index in [0.29, 0.717) is 0 Å². The van der Waals surface area contributed by atoms with Crippen LogP contribution in [0.4, 0.5) is 0 Å². The molecule has 21 heavy (non-hydrogen) atoms. The molecule has 0 aromatic rings. The second-order valence-electron chi connectivity index (χ2n) is 7.16. The fraction of sp³-hybridized carbons (Fsp3) is 0.706. The van der Waals surface area contributed by atoms with Crippen LogP contribution in [0.2, 0.25) is 19.6 Å². The minimum absolute atomic E-state index is 0.149. The molecule has 0 amide bonds. The van der Waals surface area contributed by atoms with Gasteiger partial charge in [0.1, 0.15) is 0 Å². The molecule has 2 rings (SSSR count). The minimum Gasteiger partial charge on any atom is -0.465 e. The zero-order chi connectivity index (χ0) is 15.5. The molecular formula is C17H28O3Si. The Hall–Kier alpha value is -0.873. The van der Waals surface area contributed by atoms with E-state index >= 15 is 0 Å². The molecule has 0 spiro atoms. The third-order valence-electron chi connectivity index (χ3n) is 4.17. The predicted octanol–water partition coefficient (Wildman–Crippen LogP) is 4.36. The van der Waals surface area contributed by atoms with E-state index in [4.69, 9.17) is 9.16 Å². The van der Waals surface area contributed by atoms with E-state index in [2.05, 4.69) is 31.8 Å². The maximum atomic E-state index is 12.0. The van der Waals surface area contributed by atoms with Crippen LogP contribution in [0.25, 0.3) is 0 Å². The van der Waals surface area contributed by atoms with Crippen molar-refractivity contribution < 1.29 is 14.0 Å². The molecule has 0 saturated carbocycles. The molecule has 1 atom stereocenters. The van der Waals surface area contributed by atoms with E-state index in [1.807, 2.05) is 0 Å². The fourth-order valence-corrected chi connectivity index (χ4v) is 4.89. The van der Waals surface area contributed by atoms with Crippen molar-refractivity contribution in [2.24, 2.45) is 0 Å². The van der Waals surface area contributed by atoms with Crippen molar-refractivity contribution in [3.05, 3.63) is 23.3 Å². The van der Waals surface area contributed by atoms with Gasteiger partial charge in [0.05, 0.1) is 18.3 Å². The van der Waals surface area contributed by atoms with Gasteiger partial charge in [-0.25, -0.2) is 4.79 Å². The van der Waals surface area contributed by atoms with Crippen LogP contribution in [0.15, 0.2) is 23.3 Å². The molecule has 2 bridgehead atoms. The first kappa shape index (κ1) is 16.5.